The van der Waals surface area contributed by atoms with E-state index in [1.165, 1.54) is 115 Å². The lowest BCUT2D eigenvalue weighted by Crippen LogP contribution is -2.10. The first-order chi connectivity index (χ1) is 33.0. The van der Waals surface area contributed by atoms with Crippen LogP contribution in [0.15, 0.2) is 237 Å². The standard InChI is InChI=1S/C51H33N.C14H15N/c1-32-26-28-37(29-27-32)52(36-20-9-4-10-21-36)43-31-30-42-47-38(43)22-13-25-41(47)50-45(34-14-5-2-6-15-34)48-39-23-11-18-33-19-12-24-40(44(33)39)49(48)46(51(42)50)35-16-7-3-8-17-35;1-12-8-10-14(11-9-12)15(2)13-6-4-3-5-7-13/h2-31H,1H3;3-11H,1-2H3. The molecule has 67 heavy (non-hydrogen) atoms. The lowest BCUT2D eigenvalue weighted by atomic mass is 9.87. The van der Waals surface area contributed by atoms with Crippen LogP contribution < -0.4 is 9.80 Å². The fourth-order valence-corrected chi connectivity index (χ4v) is 10.6. The Labute approximate surface area is 391 Å². The van der Waals surface area contributed by atoms with Gasteiger partial charge in [-0.1, -0.05) is 193 Å². The average molecular weight is 857 g/mol. The lowest BCUT2D eigenvalue weighted by Gasteiger charge is -2.27. The Morgan fingerprint density at radius 1 is 0.269 bits per heavy atom. The molecule has 0 amide bonds. The highest BCUT2D eigenvalue weighted by atomic mass is 15.1. The van der Waals surface area contributed by atoms with Crippen LogP contribution in [0.2, 0.25) is 0 Å². The number of para-hydroxylation sites is 2. The number of rotatable bonds is 7. The molecule has 0 bridgehead atoms. The summed E-state index contributed by atoms with van der Waals surface area (Å²) in [6.45, 7) is 4.25. The monoisotopic (exact) mass is 856 g/mol. The summed E-state index contributed by atoms with van der Waals surface area (Å²) in [6, 6.07) is 86.1. The Morgan fingerprint density at radius 3 is 1.15 bits per heavy atom. The summed E-state index contributed by atoms with van der Waals surface area (Å²) >= 11 is 0. The maximum absolute atomic E-state index is 2.42. The van der Waals surface area contributed by atoms with E-state index in [-0.39, 0.29) is 0 Å². The van der Waals surface area contributed by atoms with Gasteiger partial charge in [-0.2, -0.15) is 0 Å². The first kappa shape index (κ1) is 40.1. The highest BCUT2D eigenvalue weighted by Gasteiger charge is 2.28. The zero-order valence-corrected chi connectivity index (χ0v) is 37.9. The molecule has 0 fully saturated rings. The SMILES string of the molecule is Cc1ccc(N(C)c2ccccc2)cc1.Cc1ccc(N(c2ccccc2)c2ccc3c4c(-c5ccccc5)c5c6cccc7cccc(c5c(-c5ccccc5)c4c4cccc2c43)c76)cc1. The Bertz CT molecular complexity index is 3720. The topological polar surface area (TPSA) is 6.48 Å². The number of nitrogens with zero attached hydrogens (tertiary/aromatic N) is 2. The van der Waals surface area contributed by atoms with E-state index in [0.29, 0.717) is 0 Å². The number of hydrogen-bond donors (Lipinski definition) is 0. The predicted octanol–water partition coefficient (Wildman–Crippen LogP) is 18.4. The van der Waals surface area contributed by atoms with Gasteiger partial charge < -0.3 is 9.80 Å². The molecule has 0 N–H and O–H groups in total. The van der Waals surface area contributed by atoms with Gasteiger partial charge in [0.1, 0.15) is 0 Å². The summed E-state index contributed by atoms with van der Waals surface area (Å²) in [5.41, 5.74) is 13.6. The van der Waals surface area contributed by atoms with Gasteiger partial charge in [-0.25, -0.2) is 0 Å². The van der Waals surface area contributed by atoms with E-state index in [4.69, 9.17) is 0 Å². The number of anilines is 5. The zero-order valence-electron chi connectivity index (χ0n) is 37.9. The summed E-state index contributed by atoms with van der Waals surface area (Å²) in [4.78, 5) is 4.60. The minimum absolute atomic E-state index is 1.14. The fourth-order valence-electron chi connectivity index (χ4n) is 10.6. The summed E-state index contributed by atoms with van der Waals surface area (Å²) < 4.78 is 0. The molecule has 0 atom stereocenters. The van der Waals surface area contributed by atoms with Crippen LogP contribution in [0.1, 0.15) is 11.1 Å². The van der Waals surface area contributed by atoms with Crippen LogP contribution in [0.5, 0.6) is 0 Å². The van der Waals surface area contributed by atoms with Gasteiger partial charge >= 0.3 is 0 Å². The molecule has 0 aliphatic rings. The third-order valence-corrected chi connectivity index (χ3v) is 13.7. The van der Waals surface area contributed by atoms with E-state index >= 15 is 0 Å². The first-order valence-electron chi connectivity index (χ1n) is 23.2. The van der Waals surface area contributed by atoms with Gasteiger partial charge in [-0.3, -0.25) is 0 Å². The van der Waals surface area contributed by atoms with Crippen LogP contribution >= 0.6 is 0 Å². The molecule has 0 aliphatic heterocycles. The molecule has 13 aromatic carbocycles. The van der Waals surface area contributed by atoms with Crippen molar-refractivity contribution in [2.45, 2.75) is 13.8 Å². The minimum atomic E-state index is 1.14. The molecule has 0 unspecified atom stereocenters. The number of hydrogen-bond acceptors (Lipinski definition) is 2. The molecule has 0 aromatic heterocycles. The van der Waals surface area contributed by atoms with Gasteiger partial charge in [0, 0.05) is 35.2 Å². The lowest BCUT2D eigenvalue weighted by molar-refractivity contribution is 1.20. The highest BCUT2D eigenvalue weighted by molar-refractivity contribution is 6.47. The Morgan fingerprint density at radius 2 is 0.642 bits per heavy atom. The Kier molecular flexibility index (Phi) is 9.88. The van der Waals surface area contributed by atoms with Crippen molar-refractivity contribution >= 4 is 93.1 Å². The molecule has 13 aromatic rings. The summed E-state index contributed by atoms with van der Waals surface area (Å²) in [6.07, 6.45) is 0. The molecule has 13 rings (SSSR count). The third-order valence-electron chi connectivity index (χ3n) is 13.7. The van der Waals surface area contributed by atoms with Gasteiger partial charge in [0.25, 0.3) is 0 Å². The Balaban J connectivity index is 0.000000266. The fraction of sp³-hybridized carbons (Fsp3) is 0.0462. The van der Waals surface area contributed by atoms with Crippen molar-refractivity contribution in [1.29, 1.82) is 0 Å². The molecule has 0 heterocycles. The summed E-state index contributed by atoms with van der Waals surface area (Å²) in [7, 11) is 2.08. The molecule has 2 heteroatoms. The normalized spacial score (nSPS) is 11.5. The molecule has 0 aliphatic carbocycles. The highest BCUT2D eigenvalue weighted by Crippen LogP contribution is 2.56. The smallest absolute Gasteiger partial charge is 0.0540 e. The van der Waals surface area contributed by atoms with Crippen LogP contribution in [-0.4, -0.2) is 7.05 Å². The van der Waals surface area contributed by atoms with E-state index in [0.717, 1.165) is 11.4 Å². The second kappa shape index (κ2) is 16.5. The molecule has 0 saturated carbocycles. The van der Waals surface area contributed by atoms with E-state index in [9.17, 15) is 0 Å². The number of benzene rings is 11. The van der Waals surface area contributed by atoms with Crippen molar-refractivity contribution in [1.82, 2.24) is 0 Å². The number of aryl methyl sites for hydroxylation is 2. The maximum Gasteiger partial charge on any atom is 0.0540 e. The van der Waals surface area contributed by atoms with Crippen LogP contribution in [0.3, 0.4) is 0 Å². The van der Waals surface area contributed by atoms with Crippen LogP contribution in [0.4, 0.5) is 28.4 Å². The van der Waals surface area contributed by atoms with Crippen molar-refractivity contribution in [2.75, 3.05) is 16.8 Å². The van der Waals surface area contributed by atoms with Gasteiger partial charge in [0.05, 0.1) is 5.69 Å². The van der Waals surface area contributed by atoms with Crippen molar-refractivity contribution in [3.05, 3.63) is 248 Å². The van der Waals surface area contributed by atoms with Gasteiger partial charge in [0.15, 0.2) is 0 Å². The maximum atomic E-state index is 2.42. The first-order valence-corrected chi connectivity index (χ1v) is 23.2. The Hall–Kier alpha value is -8.46. The molecule has 318 valence electrons. The molecule has 0 saturated heterocycles. The number of fused-ring (bicyclic) bond motifs is 6. The molecular weight excluding hydrogens is 809 g/mol. The molecule has 2 nitrogen and oxygen atoms in total. The van der Waals surface area contributed by atoms with Crippen molar-refractivity contribution in [3.63, 3.8) is 0 Å². The second-order valence-corrected chi connectivity index (χ2v) is 17.8. The van der Waals surface area contributed by atoms with Crippen LogP contribution in [-0.2, 0) is 0 Å². The quantitative estimate of drug-likeness (QED) is 0.158. The minimum Gasteiger partial charge on any atom is -0.345 e. The van der Waals surface area contributed by atoms with E-state index in [1.54, 1.807) is 0 Å². The van der Waals surface area contributed by atoms with Crippen LogP contribution in [0.25, 0.3) is 86.9 Å². The van der Waals surface area contributed by atoms with Gasteiger partial charge in [0.2, 0.25) is 0 Å². The largest absolute Gasteiger partial charge is 0.345 e. The zero-order chi connectivity index (χ0) is 45.0. The van der Waals surface area contributed by atoms with Gasteiger partial charge in [-0.15, -0.1) is 0 Å². The van der Waals surface area contributed by atoms with E-state index in [1.807, 2.05) is 6.07 Å². The second-order valence-electron chi connectivity index (χ2n) is 17.8. The van der Waals surface area contributed by atoms with E-state index in [2.05, 4.69) is 261 Å². The van der Waals surface area contributed by atoms with Crippen molar-refractivity contribution < 1.29 is 0 Å². The summed E-state index contributed by atoms with van der Waals surface area (Å²) in [5.74, 6) is 0. The molecule has 0 radical (unpaired) electrons. The molecular formula is C65H48N2. The predicted molar refractivity (Wildman–Crippen MR) is 290 cm³/mol. The summed E-state index contributed by atoms with van der Waals surface area (Å²) in [5, 5.41) is 15.8. The molecule has 0 spiro atoms. The van der Waals surface area contributed by atoms with Gasteiger partial charge in [-0.05, 0) is 150 Å². The van der Waals surface area contributed by atoms with Crippen LogP contribution in [0, 0.1) is 13.8 Å². The van der Waals surface area contributed by atoms with Crippen molar-refractivity contribution in [3.8, 4) is 22.3 Å². The third kappa shape index (κ3) is 6.72. The van der Waals surface area contributed by atoms with Crippen molar-refractivity contribution in [2.24, 2.45) is 0 Å². The van der Waals surface area contributed by atoms with E-state index < -0.39 is 0 Å². The average Bonchev–Trinajstić information content (AvgIpc) is 3.90.